The van der Waals surface area contributed by atoms with Crippen LogP contribution >= 0.6 is 24.0 Å². The molecule has 0 unspecified atom stereocenters. The van der Waals surface area contributed by atoms with Crippen molar-refractivity contribution in [3.05, 3.63) is 29.0 Å². The van der Waals surface area contributed by atoms with E-state index in [0.29, 0.717) is 10.7 Å². The molecule has 0 amide bonds. The van der Waals surface area contributed by atoms with Crippen LogP contribution in [-0.4, -0.2) is 28.8 Å². The summed E-state index contributed by atoms with van der Waals surface area (Å²) < 4.78 is 30.5. The van der Waals surface area contributed by atoms with E-state index in [9.17, 15) is 0 Å². The number of hydrogen-bond donors (Lipinski definition) is 1. The van der Waals surface area contributed by atoms with Crippen LogP contribution < -0.4 is 5.73 Å². The second-order valence-corrected chi connectivity index (χ2v) is 3.16. The molecule has 1 aromatic rings. The Bertz CT molecular complexity index is 491. The number of nitrogens with zero attached hydrogens (tertiary/aromatic N) is 3. The zero-order valence-corrected chi connectivity index (χ0v) is 9.22. The van der Waals surface area contributed by atoms with Gasteiger partial charge in [-0.05, 0) is 11.6 Å². The highest BCUT2D eigenvalue weighted by atomic mass is 35.5. The average Bonchev–Trinajstić information content (AvgIpc) is 2.40. The van der Waals surface area contributed by atoms with Crippen molar-refractivity contribution >= 4 is 30.0 Å². The Hall–Kier alpha value is -1.00. The van der Waals surface area contributed by atoms with E-state index in [1.54, 1.807) is 12.1 Å². The predicted octanol–water partition coefficient (Wildman–Crippen LogP) is 1.29. The summed E-state index contributed by atoms with van der Waals surface area (Å²) in [6.45, 7) is -4.58. The zero-order chi connectivity index (χ0) is 13.6. The number of rotatable bonds is 2. The lowest BCUT2D eigenvalue weighted by Crippen LogP contribution is -2.33. The second kappa shape index (κ2) is 5.19. The summed E-state index contributed by atoms with van der Waals surface area (Å²) in [5.74, 6) is -0.167. The minimum Gasteiger partial charge on any atom is -0.370 e. The van der Waals surface area contributed by atoms with E-state index >= 15 is 0 Å². The van der Waals surface area contributed by atoms with Crippen LogP contribution in [0.1, 0.15) is 11.0 Å². The highest BCUT2D eigenvalue weighted by Gasteiger charge is 2.13. The van der Waals surface area contributed by atoms with Gasteiger partial charge in [0.15, 0.2) is 5.96 Å². The van der Waals surface area contributed by atoms with Gasteiger partial charge < -0.3 is 10.6 Å². The van der Waals surface area contributed by atoms with E-state index < -0.39 is 13.0 Å². The molecule has 4 nitrogen and oxygen atoms in total. The van der Waals surface area contributed by atoms with Gasteiger partial charge in [0.25, 0.3) is 0 Å². The van der Waals surface area contributed by atoms with Gasteiger partial charge in [-0.3, -0.25) is 4.99 Å². The average molecular weight is 251 g/mol. The molecule has 0 bridgehead atoms. The molecule has 0 atom stereocenters. The molecular formula is C9H12Cl2N4. The van der Waals surface area contributed by atoms with Crippen LogP contribution in [0.25, 0.3) is 0 Å². The topological polar surface area (TPSA) is 54.5 Å². The number of pyridine rings is 1. The molecule has 0 spiro atoms. The minimum atomic E-state index is -2.36. The van der Waals surface area contributed by atoms with Gasteiger partial charge in [0.05, 0.1) is 12.0 Å². The Morgan fingerprint density at radius 1 is 1.60 bits per heavy atom. The van der Waals surface area contributed by atoms with E-state index in [-0.39, 0.29) is 24.9 Å². The number of halogens is 2. The Morgan fingerprint density at radius 3 is 2.93 bits per heavy atom. The molecule has 2 heterocycles. The van der Waals surface area contributed by atoms with Gasteiger partial charge in [0.1, 0.15) is 5.15 Å². The number of hydrogen-bond acceptors (Lipinski definition) is 4. The summed E-state index contributed by atoms with van der Waals surface area (Å²) in [6, 6.07) is 3.25. The first-order valence-corrected chi connectivity index (χ1v) is 4.35. The molecule has 1 aliphatic heterocycles. The van der Waals surface area contributed by atoms with Crippen LogP contribution in [0.3, 0.4) is 0 Å². The van der Waals surface area contributed by atoms with Crippen molar-refractivity contribution in [2.24, 2.45) is 10.7 Å². The quantitative estimate of drug-likeness (QED) is 0.806. The lowest BCUT2D eigenvalue weighted by Gasteiger charge is -2.16. The van der Waals surface area contributed by atoms with E-state index in [4.69, 9.17) is 22.8 Å². The predicted molar refractivity (Wildman–Crippen MR) is 63.4 cm³/mol. The van der Waals surface area contributed by atoms with Crippen molar-refractivity contribution in [2.45, 2.75) is 6.54 Å². The van der Waals surface area contributed by atoms with Crippen molar-refractivity contribution in [1.29, 1.82) is 0 Å². The molecule has 2 rings (SSSR count). The van der Waals surface area contributed by atoms with Crippen LogP contribution in [0, 0.1) is 0 Å². The van der Waals surface area contributed by atoms with Crippen LogP contribution in [0.5, 0.6) is 0 Å². The molecule has 0 saturated carbocycles. The molecule has 1 aromatic heterocycles. The first kappa shape index (κ1) is 7.30. The lowest BCUT2D eigenvalue weighted by molar-refractivity contribution is 0.447. The van der Waals surface area contributed by atoms with Gasteiger partial charge in [0.2, 0.25) is 0 Å². The van der Waals surface area contributed by atoms with Crippen LogP contribution in [0.15, 0.2) is 23.3 Å². The molecule has 2 N–H and O–H groups in total. The molecule has 15 heavy (non-hydrogen) atoms. The summed E-state index contributed by atoms with van der Waals surface area (Å²) in [6.07, 6.45) is 1.49. The second-order valence-electron chi connectivity index (χ2n) is 2.77. The fraction of sp³-hybridized carbons (Fsp3) is 0.333. The molecule has 6 heteroatoms. The molecule has 0 radical (unpaired) electrons. The first-order valence-electron chi connectivity index (χ1n) is 5.97. The highest BCUT2D eigenvalue weighted by molar-refractivity contribution is 6.29. The van der Waals surface area contributed by atoms with Crippen molar-refractivity contribution in [2.75, 3.05) is 13.0 Å². The molecule has 82 valence electrons. The van der Waals surface area contributed by atoms with Crippen LogP contribution in [-0.2, 0) is 6.54 Å². The van der Waals surface area contributed by atoms with E-state index in [1.807, 2.05) is 0 Å². The van der Waals surface area contributed by atoms with Crippen molar-refractivity contribution < 1.29 is 5.48 Å². The highest BCUT2D eigenvalue weighted by Crippen LogP contribution is 2.09. The largest absolute Gasteiger partial charge is 0.370 e. The third-order valence-corrected chi connectivity index (χ3v) is 1.98. The van der Waals surface area contributed by atoms with Gasteiger partial charge in [-0.2, -0.15) is 0 Å². The Morgan fingerprint density at radius 2 is 2.40 bits per heavy atom. The summed E-state index contributed by atoms with van der Waals surface area (Å²) in [4.78, 5) is 8.44. The van der Waals surface area contributed by atoms with Gasteiger partial charge in [-0.1, -0.05) is 17.7 Å². The van der Waals surface area contributed by atoms with Gasteiger partial charge in [0, 0.05) is 19.2 Å². The zero-order valence-electron chi connectivity index (χ0n) is 11.6. The maximum Gasteiger partial charge on any atom is 0.191 e. The summed E-state index contributed by atoms with van der Waals surface area (Å²) in [5, 5.41) is 0.333. The Kier molecular flexibility index (Phi) is 2.52. The Labute approximate surface area is 105 Å². The summed E-state index contributed by atoms with van der Waals surface area (Å²) in [5.41, 5.74) is 6.22. The van der Waals surface area contributed by atoms with Crippen molar-refractivity contribution in [1.82, 2.24) is 9.88 Å². The molecular weight excluding hydrogens is 235 g/mol. The molecule has 0 saturated heterocycles. The molecule has 1 aliphatic rings. The van der Waals surface area contributed by atoms with Crippen LogP contribution in [0.2, 0.25) is 5.15 Å². The van der Waals surface area contributed by atoms with Gasteiger partial charge >= 0.3 is 0 Å². The standard InChI is InChI=1S/C9H11ClN4.ClH/c10-8-2-1-7(5-13-8)6-14-4-3-12-9(14)11;/h1-2,5H,3-4,6H2,(H2,11,12);1H/i3D2,4D2;. The van der Waals surface area contributed by atoms with E-state index in [1.165, 1.54) is 6.20 Å². The fourth-order valence-corrected chi connectivity index (χ4v) is 1.18. The number of guanidine groups is 1. The number of aliphatic imine (C=N–C) groups is 1. The smallest absolute Gasteiger partial charge is 0.191 e. The summed E-state index contributed by atoms with van der Waals surface area (Å²) in [7, 11) is 0. The maximum absolute atomic E-state index is 7.74. The lowest BCUT2D eigenvalue weighted by atomic mass is 10.3. The number of nitrogens with two attached hydrogens (primary N) is 1. The third-order valence-electron chi connectivity index (χ3n) is 1.76. The number of aromatic nitrogens is 1. The monoisotopic (exact) mass is 250 g/mol. The SMILES string of the molecule is Cl.[2H]C1([2H])N=C(N)N(Cc2ccc(Cl)nc2)C1([2H])[2H]. The fourth-order valence-electron chi connectivity index (χ4n) is 1.06. The van der Waals surface area contributed by atoms with Crippen molar-refractivity contribution in [3.8, 4) is 0 Å². The van der Waals surface area contributed by atoms with Gasteiger partial charge in [-0.15, -0.1) is 12.4 Å². The third kappa shape index (κ3) is 2.97. The van der Waals surface area contributed by atoms with Gasteiger partial charge in [-0.25, -0.2) is 4.98 Å². The molecule has 0 aliphatic carbocycles. The van der Waals surface area contributed by atoms with Crippen molar-refractivity contribution in [3.63, 3.8) is 0 Å². The van der Waals surface area contributed by atoms with Crippen LogP contribution in [0.4, 0.5) is 0 Å². The minimum absolute atomic E-state index is 0. The Balaban J connectivity index is 0.00000180. The molecule has 0 aromatic carbocycles. The summed E-state index contributed by atoms with van der Waals surface area (Å²) >= 11 is 5.65. The van der Waals surface area contributed by atoms with E-state index in [2.05, 4.69) is 9.98 Å². The maximum atomic E-state index is 7.74. The first-order chi connectivity index (χ1) is 8.24. The molecule has 0 fully saturated rings. The normalized spacial score (nSPS) is 25.4. The van der Waals surface area contributed by atoms with E-state index in [0.717, 1.165) is 4.90 Å².